The van der Waals surface area contributed by atoms with Crippen molar-refractivity contribution in [2.45, 2.75) is 38.6 Å². The Hall–Kier alpha value is -2.86. The number of unbranched alkanes of at least 4 members (excludes halogenated alkanes) is 2. The van der Waals surface area contributed by atoms with Crippen LogP contribution in [0.5, 0.6) is 11.5 Å². The van der Waals surface area contributed by atoms with E-state index in [0.717, 1.165) is 25.0 Å². The molecule has 6 heteroatoms. The molecule has 2 rings (SSSR count). The first kappa shape index (κ1) is 20.5. The molecule has 0 saturated heterocycles. The van der Waals surface area contributed by atoms with Crippen molar-refractivity contribution in [3.63, 3.8) is 0 Å². The van der Waals surface area contributed by atoms with Gasteiger partial charge in [-0.2, -0.15) is 0 Å². The summed E-state index contributed by atoms with van der Waals surface area (Å²) in [4.78, 5) is 23.5. The molecule has 6 nitrogen and oxygen atoms in total. The second-order valence-corrected chi connectivity index (χ2v) is 6.24. The Morgan fingerprint density at radius 1 is 1.00 bits per heavy atom. The van der Waals surface area contributed by atoms with E-state index < -0.39 is 12.0 Å². The van der Waals surface area contributed by atoms with E-state index in [2.05, 4.69) is 17.6 Å². The van der Waals surface area contributed by atoms with Gasteiger partial charge in [0.25, 0.3) is 0 Å². The van der Waals surface area contributed by atoms with Crippen LogP contribution in [0.4, 0.5) is 5.69 Å². The van der Waals surface area contributed by atoms with Gasteiger partial charge in [-0.05, 0) is 49.4 Å². The van der Waals surface area contributed by atoms with E-state index in [-0.39, 0.29) is 12.3 Å². The lowest BCUT2D eigenvalue weighted by atomic mass is 10.1. The number of amides is 1. The molecule has 1 amide bonds. The van der Waals surface area contributed by atoms with Crippen LogP contribution in [0.25, 0.3) is 0 Å². The van der Waals surface area contributed by atoms with Crippen molar-refractivity contribution in [2.75, 3.05) is 11.9 Å². The van der Waals surface area contributed by atoms with Crippen LogP contribution >= 0.6 is 0 Å². The number of carboxylic acids is 1. The fourth-order valence-electron chi connectivity index (χ4n) is 2.53. The minimum atomic E-state index is -1.02. The van der Waals surface area contributed by atoms with Crippen LogP contribution < -0.4 is 15.4 Å². The molecule has 0 fully saturated rings. The van der Waals surface area contributed by atoms with Crippen molar-refractivity contribution < 1.29 is 19.4 Å². The summed E-state index contributed by atoms with van der Waals surface area (Å²) < 4.78 is 5.70. The Labute approximate surface area is 159 Å². The van der Waals surface area contributed by atoms with Crippen LogP contribution in [-0.4, -0.2) is 29.6 Å². The molecule has 0 spiro atoms. The van der Waals surface area contributed by atoms with Crippen LogP contribution in [0.2, 0.25) is 0 Å². The minimum Gasteiger partial charge on any atom is -0.480 e. The molecule has 2 aromatic carbocycles. The van der Waals surface area contributed by atoms with Crippen molar-refractivity contribution in [1.29, 1.82) is 0 Å². The van der Waals surface area contributed by atoms with Crippen LogP contribution in [0.1, 0.15) is 32.6 Å². The number of rotatable bonds is 11. The molecular formula is C21H26N2O4. The van der Waals surface area contributed by atoms with Gasteiger partial charge in [0.05, 0.1) is 6.42 Å². The van der Waals surface area contributed by atoms with Gasteiger partial charge in [0.1, 0.15) is 17.5 Å². The van der Waals surface area contributed by atoms with E-state index >= 15 is 0 Å². The highest BCUT2D eigenvalue weighted by Gasteiger charge is 2.20. The fourth-order valence-corrected chi connectivity index (χ4v) is 2.53. The zero-order chi connectivity index (χ0) is 19.5. The lowest BCUT2D eigenvalue weighted by Crippen LogP contribution is -2.40. The largest absolute Gasteiger partial charge is 0.480 e. The summed E-state index contributed by atoms with van der Waals surface area (Å²) in [6.45, 7) is 2.67. The van der Waals surface area contributed by atoms with Gasteiger partial charge in [-0.3, -0.25) is 9.59 Å². The van der Waals surface area contributed by atoms with E-state index in [9.17, 15) is 14.7 Å². The number of carbonyl (C=O) groups is 2. The standard InChI is InChI=1S/C21H26N2O4/c1-2-3-7-14-22-19(21(25)26)15-20(24)23-16-10-12-18(13-11-16)27-17-8-5-4-6-9-17/h4-6,8-13,19,22H,2-3,7,14-15H2,1H3,(H,23,24)(H,25,26). The molecule has 27 heavy (non-hydrogen) atoms. The van der Waals surface area contributed by atoms with E-state index in [1.807, 2.05) is 30.3 Å². The number of anilines is 1. The molecular weight excluding hydrogens is 344 g/mol. The first-order chi connectivity index (χ1) is 13.1. The first-order valence-corrected chi connectivity index (χ1v) is 9.17. The van der Waals surface area contributed by atoms with Crippen molar-refractivity contribution in [2.24, 2.45) is 0 Å². The van der Waals surface area contributed by atoms with Crippen LogP contribution in [0.3, 0.4) is 0 Å². The zero-order valence-corrected chi connectivity index (χ0v) is 15.5. The molecule has 1 atom stereocenters. The van der Waals surface area contributed by atoms with Crippen molar-refractivity contribution in [3.8, 4) is 11.5 Å². The molecule has 0 heterocycles. The number of carbonyl (C=O) groups excluding carboxylic acids is 1. The number of carboxylic acid groups (broad SMARTS) is 1. The van der Waals surface area contributed by atoms with Gasteiger partial charge in [0, 0.05) is 5.69 Å². The normalized spacial score (nSPS) is 11.6. The number of benzene rings is 2. The molecule has 0 aliphatic carbocycles. The van der Waals surface area contributed by atoms with E-state index in [0.29, 0.717) is 18.0 Å². The number of aliphatic carboxylic acids is 1. The Morgan fingerprint density at radius 3 is 2.30 bits per heavy atom. The second-order valence-electron chi connectivity index (χ2n) is 6.24. The lowest BCUT2D eigenvalue weighted by molar-refractivity contribution is -0.141. The number of para-hydroxylation sites is 1. The van der Waals surface area contributed by atoms with Gasteiger partial charge in [-0.1, -0.05) is 38.0 Å². The van der Waals surface area contributed by atoms with E-state index in [1.54, 1.807) is 24.3 Å². The van der Waals surface area contributed by atoms with Crippen LogP contribution in [-0.2, 0) is 9.59 Å². The zero-order valence-electron chi connectivity index (χ0n) is 15.5. The van der Waals surface area contributed by atoms with Gasteiger partial charge >= 0.3 is 5.97 Å². The van der Waals surface area contributed by atoms with E-state index in [1.165, 1.54) is 0 Å². The maximum atomic E-state index is 12.1. The third-order valence-corrected chi connectivity index (χ3v) is 3.98. The Bertz CT molecular complexity index is 717. The van der Waals surface area contributed by atoms with Crippen molar-refractivity contribution in [3.05, 3.63) is 54.6 Å². The van der Waals surface area contributed by atoms with Gasteiger partial charge in [0.2, 0.25) is 5.91 Å². The maximum Gasteiger partial charge on any atom is 0.321 e. The fraction of sp³-hybridized carbons (Fsp3) is 0.333. The number of hydrogen-bond donors (Lipinski definition) is 3. The van der Waals surface area contributed by atoms with Crippen molar-refractivity contribution in [1.82, 2.24) is 5.32 Å². The highest BCUT2D eigenvalue weighted by atomic mass is 16.5. The molecule has 0 bridgehead atoms. The third-order valence-electron chi connectivity index (χ3n) is 3.98. The maximum absolute atomic E-state index is 12.1. The third kappa shape index (κ3) is 7.50. The van der Waals surface area contributed by atoms with Gasteiger partial charge in [-0.15, -0.1) is 0 Å². The number of hydrogen-bond acceptors (Lipinski definition) is 4. The van der Waals surface area contributed by atoms with Gasteiger partial charge < -0.3 is 20.5 Å². The summed E-state index contributed by atoms with van der Waals surface area (Å²) >= 11 is 0. The van der Waals surface area contributed by atoms with Crippen LogP contribution in [0.15, 0.2) is 54.6 Å². The molecule has 1 unspecified atom stereocenters. The van der Waals surface area contributed by atoms with Gasteiger partial charge in [-0.25, -0.2) is 0 Å². The average molecular weight is 370 g/mol. The minimum absolute atomic E-state index is 0.121. The second kappa shape index (κ2) is 11.0. The topological polar surface area (TPSA) is 87.7 Å². The highest BCUT2D eigenvalue weighted by molar-refractivity contribution is 5.94. The molecule has 144 valence electrons. The quantitative estimate of drug-likeness (QED) is 0.520. The summed E-state index contributed by atoms with van der Waals surface area (Å²) in [6.07, 6.45) is 2.86. The average Bonchev–Trinajstić information content (AvgIpc) is 2.66. The predicted octanol–water partition coefficient (Wildman–Crippen LogP) is 4.04. The Kier molecular flexibility index (Phi) is 8.32. The lowest BCUT2D eigenvalue weighted by Gasteiger charge is -2.14. The monoisotopic (exact) mass is 370 g/mol. The molecule has 2 aromatic rings. The SMILES string of the molecule is CCCCCNC(CC(=O)Nc1ccc(Oc2ccccc2)cc1)C(=O)O. The smallest absolute Gasteiger partial charge is 0.321 e. The summed E-state index contributed by atoms with van der Waals surface area (Å²) in [5.41, 5.74) is 0.593. The molecule has 0 aliphatic heterocycles. The summed E-state index contributed by atoms with van der Waals surface area (Å²) in [6, 6.07) is 15.5. The summed E-state index contributed by atoms with van der Waals surface area (Å²) in [5, 5.41) is 14.9. The number of ether oxygens (including phenoxy) is 1. The summed E-state index contributed by atoms with van der Waals surface area (Å²) in [5.74, 6) is 0.0170. The van der Waals surface area contributed by atoms with Crippen LogP contribution in [0, 0.1) is 0 Å². The molecule has 0 saturated carbocycles. The highest BCUT2D eigenvalue weighted by Crippen LogP contribution is 2.22. The molecule has 0 aliphatic rings. The molecule has 3 N–H and O–H groups in total. The predicted molar refractivity (Wildman–Crippen MR) is 105 cm³/mol. The van der Waals surface area contributed by atoms with E-state index in [4.69, 9.17) is 4.74 Å². The Balaban J connectivity index is 1.84. The molecule has 0 aromatic heterocycles. The summed E-state index contributed by atoms with van der Waals surface area (Å²) in [7, 11) is 0. The first-order valence-electron chi connectivity index (χ1n) is 9.17. The molecule has 0 radical (unpaired) electrons. The number of nitrogens with one attached hydrogen (secondary N) is 2. The van der Waals surface area contributed by atoms with Crippen molar-refractivity contribution >= 4 is 17.6 Å². The van der Waals surface area contributed by atoms with Gasteiger partial charge in [0.15, 0.2) is 0 Å². The Morgan fingerprint density at radius 2 is 1.67 bits per heavy atom.